The summed E-state index contributed by atoms with van der Waals surface area (Å²) in [5.74, 6) is 0.560. The van der Waals surface area contributed by atoms with E-state index in [-0.39, 0.29) is 24.8 Å². The van der Waals surface area contributed by atoms with Crippen LogP contribution in [0.5, 0.6) is 0 Å². The molecule has 1 atom stereocenters. The Balaban J connectivity index is -0.000000240. The summed E-state index contributed by atoms with van der Waals surface area (Å²) >= 11 is 1.30. The molecule has 2 aliphatic rings. The van der Waals surface area contributed by atoms with Crippen LogP contribution in [0.2, 0.25) is 0 Å². The van der Waals surface area contributed by atoms with Crippen molar-refractivity contribution >= 4 is 29.0 Å². The van der Waals surface area contributed by atoms with Crippen molar-refractivity contribution in [2.75, 3.05) is 0 Å². The molecule has 112 valence electrons. The molecule has 0 N–H and O–H groups in total. The summed E-state index contributed by atoms with van der Waals surface area (Å²) in [6, 6.07) is 0. The molecule has 0 amide bonds. The van der Waals surface area contributed by atoms with Gasteiger partial charge in [0.05, 0.1) is 0 Å². The second-order valence-corrected chi connectivity index (χ2v) is 4.69. The van der Waals surface area contributed by atoms with Crippen molar-refractivity contribution in [2.24, 2.45) is 5.92 Å². The van der Waals surface area contributed by atoms with Gasteiger partial charge in [-0.1, -0.05) is 33.6 Å². The average molecular weight is 393 g/mol. The van der Waals surface area contributed by atoms with E-state index >= 15 is 0 Å². The second-order valence-electron chi connectivity index (χ2n) is 4.69. The number of halogens is 2. The molecule has 0 saturated heterocycles. The molecule has 1 unspecified atom stereocenters. The van der Waals surface area contributed by atoms with E-state index in [2.05, 4.69) is 64.0 Å². The van der Waals surface area contributed by atoms with E-state index in [1.54, 1.807) is 0 Å². The van der Waals surface area contributed by atoms with Crippen LogP contribution in [-0.4, -0.2) is 4.21 Å². The van der Waals surface area contributed by atoms with Crippen molar-refractivity contribution in [3.8, 4) is 0 Å². The maximum atomic E-state index is 3.36. The minimum absolute atomic E-state index is 0. The SMILES string of the molecule is CC1=[C-]C(C)C(C)=C1C.CC1=[C-]CC=C1C.Cl.Cl.[CH2]=[Zr+2]. The molecular weight excluding hydrogens is 366 g/mol. The molecule has 0 bridgehead atoms. The van der Waals surface area contributed by atoms with Crippen LogP contribution >= 0.6 is 24.8 Å². The van der Waals surface area contributed by atoms with Gasteiger partial charge < -0.3 is 0 Å². The molecule has 0 aromatic rings. The Bertz CT molecular complexity index is 399. The van der Waals surface area contributed by atoms with Crippen LogP contribution in [0, 0.1) is 18.1 Å². The number of hydrogen-bond acceptors (Lipinski definition) is 0. The van der Waals surface area contributed by atoms with E-state index in [4.69, 9.17) is 0 Å². The summed E-state index contributed by atoms with van der Waals surface area (Å²) in [4.78, 5) is 0. The predicted molar refractivity (Wildman–Crippen MR) is 92.4 cm³/mol. The number of rotatable bonds is 0. The van der Waals surface area contributed by atoms with Gasteiger partial charge in [0.15, 0.2) is 0 Å². The minimum atomic E-state index is 0. The van der Waals surface area contributed by atoms with E-state index in [1.165, 1.54) is 52.1 Å². The molecule has 2 aliphatic carbocycles. The van der Waals surface area contributed by atoms with Crippen molar-refractivity contribution in [3.05, 3.63) is 46.1 Å². The van der Waals surface area contributed by atoms with E-state index in [9.17, 15) is 0 Å². The van der Waals surface area contributed by atoms with Crippen molar-refractivity contribution in [3.63, 3.8) is 0 Å². The van der Waals surface area contributed by atoms with Gasteiger partial charge in [-0.3, -0.25) is 12.2 Å². The normalized spacial score (nSPS) is 19.2. The molecule has 2 rings (SSSR count). The average Bonchev–Trinajstić information content (AvgIpc) is 2.83. The third kappa shape index (κ3) is 7.91. The van der Waals surface area contributed by atoms with Gasteiger partial charge in [0, 0.05) is 0 Å². The summed E-state index contributed by atoms with van der Waals surface area (Å²) in [7, 11) is 0. The Morgan fingerprint density at radius 2 is 1.55 bits per heavy atom. The predicted octanol–water partition coefficient (Wildman–Crippen LogP) is 5.62. The zero-order chi connectivity index (χ0) is 14.3. The molecule has 0 aromatic heterocycles. The Kier molecular flexibility index (Phi) is 16.4. The first-order valence-electron chi connectivity index (χ1n) is 6.31. The van der Waals surface area contributed by atoms with Gasteiger partial charge in [0.25, 0.3) is 0 Å². The Labute approximate surface area is 152 Å². The third-order valence-electron chi connectivity index (χ3n) is 3.60. The van der Waals surface area contributed by atoms with Gasteiger partial charge in [0.1, 0.15) is 0 Å². The first-order valence-corrected chi connectivity index (χ1v) is 8.05. The fourth-order valence-corrected chi connectivity index (χ4v) is 1.81. The van der Waals surface area contributed by atoms with E-state index < -0.39 is 0 Å². The maximum absolute atomic E-state index is 3.36. The van der Waals surface area contributed by atoms with Crippen molar-refractivity contribution < 1.29 is 24.2 Å². The molecular formula is C17H26Cl2Zr. The standard InChI is InChI=1S/C9H13.C7H9.CH2.2ClH.Zr/c1-6-5-7(2)9(4)8(6)3;1-6-4-3-5-7(6)2;;;;/h6H,1-4H3;4H,3H2,1-2H3;1H2;2*1H;/q2*-1;;;;+2. The molecule has 20 heavy (non-hydrogen) atoms. The summed E-state index contributed by atoms with van der Waals surface area (Å²) in [6.07, 6.45) is 9.77. The molecule has 0 aromatic carbocycles. The van der Waals surface area contributed by atoms with Crippen LogP contribution in [0.1, 0.15) is 48.0 Å². The van der Waals surface area contributed by atoms with E-state index in [0.29, 0.717) is 5.92 Å². The number of hydrogen-bond donors (Lipinski definition) is 0. The van der Waals surface area contributed by atoms with Gasteiger partial charge in [-0.25, -0.2) is 16.7 Å². The third-order valence-corrected chi connectivity index (χ3v) is 3.60. The first kappa shape index (κ1) is 25.3. The molecule has 0 spiro atoms. The van der Waals surface area contributed by atoms with Crippen LogP contribution in [-0.2, 0) is 24.2 Å². The van der Waals surface area contributed by atoms with Crippen LogP contribution in [0.4, 0.5) is 0 Å². The van der Waals surface area contributed by atoms with Crippen LogP contribution in [0.3, 0.4) is 0 Å². The van der Waals surface area contributed by atoms with Crippen molar-refractivity contribution in [1.29, 1.82) is 0 Å². The molecule has 0 nitrogen and oxygen atoms in total. The van der Waals surface area contributed by atoms with Crippen LogP contribution < -0.4 is 0 Å². The summed E-state index contributed by atoms with van der Waals surface area (Å²) < 4.78 is 3.34. The summed E-state index contributed by atoms with van der Waals surface area (Å²) in [6.45, 7) is 12.9. The molecule has 0 radical (unpaired) electrons. The summed E-state index contributed by atoms with van der Waals surface area (Å²) in [5.41, 5.74) is 6.95. The van der Waals surface area contributed by atoms with Crippen molar-refractivity contribution in [2.45, 2.75) is 48.0 Å². The Morgan fingerprint density at radius 1 is 1.05 bits per heavy atom. The van der Waals surface area contributed by atoms with Gasteiger partial charge in [0.2, 0.25) is 0 Å². The molecule has 0 heterocycles. The zero-order valence-corrected chi connectivity index (χ0v) is 17.5. The van der Waals surface area contributed by atoms with Gasteiger partial charge in [-0.05, 0) is 0 Å². The first-order chi connectivity index (χ1) is 8.43. The zero-order valence-electron chi connectivity index (χ0n) is 13.4. The molecule has 0 fully saturated rings. The summed E-state index contributed by atoms with van der Waals surface area (Å²) in [5, 5.41) is 0. The van der Waals surface area contributed by atoms with Gasteiger partial charge in [-0.15, -0.1) is 45.1 Å². The number of allylic oxidation sites excluding steroid dienone is 8. The van der Waals surface area contributed by atoms with Crippen LogP contribution in [0.15, 0.2) is 33.9 Å². The topological polar surface area (TPSA) is 0 Å². The van der Waals surface area contributed by atoms with E-state index in [1.807, 2.05) is 0 Å². The quantitative estimate of drug-likeness (QED) is 0.470. The molecule has 0 saturated carbocycles. The van der Waals surface area contributed by atoms with Gasteiger partial charge in [-0.2, -0.15) is 17.2 Å². The Morgan fingerprint density at radius 3 is 1.65 bits per heavy atom. The van der Waals surface area contributed by atoms with Crippen LogP contribution in [0.25, 0.3) is 0 Å². The molecule has 0 aliphatic heterocycles. The van der Waals surface area contributed by atoms with Crippen molar-refractivity contribution in [1.82, 2.24) is 0 Å². The monoisotopic (exact) mass is 390 g/mol. The fourth-order valence-electron chi connectivity index (χ4n) is 1.81. The second kappa shape index (κ2) is 13.0. The Hall–Kier alpha value is 0.293. The van der Waals surface area contributed by atoms with Gasteiger partial charge >= 0.3 is 28.4 Å². The van der Waals surface area contributed by atoms with E-state index in [0.717, 1.165) is 6.42 Å². The fraction of sp³-hybridized carbons (Fsp3) is 0.471. The molecule has 3 heteroatoms.